The molecule has 0 amide bonds. The number of nitrogens with two attached hydrogens (primary N) is 1. The predicted molar refractivity (Wildman–Crippen MR) is 88.5 cm³/mol. The number of methoxy groups -OCH3 is 1. The third-order valence-electron chi connectivity index (χ3n) is 4.06. The Kier molecular flexibility index (Phi) is 6.78. The molecule has 0 radical (unpaired) electrons. The zero-order valence-corrected chi connectivity index (χ0v) is 14.0. The van der Waals surface area contributed by atoms with E-state index < -0.39 is 0 Å². The molecule has 4 nitrogen and oxygen atoms in total. The van der Waals surface area contributed by atoms with Crippen molar-refractivity contribution in [3.63, 3.8) is 0 Å². The minimum absolute atomic E-state index is 0. The number of benzene rings is 1. The van der Waals surface area contributed by atoms with Crippen LogP contribution in [0.3, 0.4) is 0 Å². The number of hydrogen-bond donors (Lipinski definition) is 1. The predicted octanol–water partition coefficient (Wildman–Crippen LogP) is 2.69. The maximum atomic E-state index is 5.86. The molecule has 2 N–H and O–H groups in total. The number of ether oxygens (including phenoxy) is 2. The molecule has 1 saturated heterocycles. The van der Waals surface area contributed by atoms with Gasteiger partial charge in [-0.05, 0) is 49.5 Å². The van der Waals surface area contributed by atoms with Crippen LogP contribution in [0.5, 0.6) is 11.5 Å². The molecule has 0 aromatic heterocycles. The van der Waals surface area contributed by atoms with E-state index in [4.69, 9.17) is 15.2 Å². The second-order valence-electron chi connectivity index (χ2n) is 5.89. The van der Waals surface area contributed by atoms with Gasteiger partial charge < -0.3 is 15.2 Å². The Bertz CT molecular complexity index is 456. The maximum Gasteiger partial charge on any atom is 0.161 e. The first-order chi connectivity index (χ1) is 9.60. The summed E-state index contributed by atoms with van der Waals surface area (Å²) in [5, 5.41) is 0. The topological polar surface area (TPSA) is 47.7 Å². The average molecular weight is 315 g/mol. The van der Waals surface area contributed by atoms with Crippen LogP contribution in [0.25, 0.3) is 0 Å². The van der Waals surface area contributed by atoms with Crippen LogP contribution in [0.2, 0.25) is 0 Å². The molecule has 0 aliphatic carbocycles. The fourth-order valence-electron chi connectivity index (χ4n) is 2.77. The van der Waals surface area contributed by atoms with Crippen molar-refractivity contribution in [2.24, 2.45) is 11.1 Å². The summed E-state index contributed by atoms with van der Waals surface area (Å²) >= 11 is 0. The molecule has 1 unspecified atom stereocenters. The van der Waals surface area contributed by atoms with E-state index in [0.717, 1.165) is 37.7 Å². The van der Waals surface area contributed by atoms with E-state index in [1.807, 2.05) is 13.0 Å². The van der Waals surface area contributed by atoms with Crippen LogP contribution in [0.15, 0.2) is 18.2 Å². The monoisotopic (exact) mass is 314 g/mol. The quantitative estimate of drug-likeness (QED) is 0.877. The summed E-state index contributed by atoms with van der Waals surface area (Å²) in [6.07, 6.45) is 1.18. The van der Waals surface area contributed by atoms with Crippen LogP contribution >= 0.6 is 12.4 Å². The molecule has 1 aromatic carbocycles. The van der Waals surface area contributed by atoms with E-state index in [2.05, 4.69) is 24.0 Å². The SMILES string of the molecule is CCOc1ccc(CN2CCC(C)(CN)C2)cc1OC.Cl. The number of rotatable bonds is 6. The van der Waals surface area contributed by atoms with Gasteiger partial charge in [0.05, 0.1) is 13.7 Å². The van der Waals surface area contributed by atoms with Gasteiger partial charge in [-0.1, -0.05) is 13.0 Å². The summed E-state index contributed by atoms with van der Waals surface area (Å²) in [5.74, 6) is 1.62. The number of nitrogens with zero attached hydrogens (tertiary/aromatic N) is 1. The summed E-state index contributed by atoms with van der Waals surface area (Å²) in [7, 11) is 1.68. The van der Waals surface area contributed by atoms with Gasteiger partial charge in [0.15, 0.2) is 11.5 Å². The Morgan fingerprint density at radius 1 is 1.33 bits per heavy atom. The van der Waals surface area contributed by atoms with E-state index in [9.17, 15) is 0 Å². The molecule has 1 atom stereocenters. The van der Waals surface area contributed by atoms with E-state index in [0.29, 0.717) is 6.61 Å². The van der Waals surface area contributed by atoms with E-state index in [-0.39, 0.29) is 17.8 Å². The van der Waals surface area contributed by atoms with Crippen LogP contribution in [-0.2, 0) is 6.54 Å². The van der Waals surface area contributed by atoms with Gasteiger partial charge in [0.1, 0.15) is 0 Å². The molecule has 21 heavy (non-hydrogen) atoms. The molecule has 0 bridgehead atoms. The van der Waals surface area contributed by atoms with Crippen molar-refractivity contribution in [1.29, 1.82) is 0 Å². The van der Waals surface area contributed by atoms with Crippen LogP contribution in [0, 0.1) is 5.41 Å². The highest BCUT2D eigenvalue weighted by Gasteiger charge is 2.32. The second kappa shape index (κ2) is 7.87. The lowest BCUT2D eigenvalue weighted by molar-refractivity contribution is 0.273. The van der Waals surface area contributed by atoms with Crippen molar-refractivity contribution in [2.45, 2.75) is 26.8 Å². The smallest absolute Gasteiger partial charge is 0.161 e. The van der Waals surface area contributed by atoms with Crippen LogP contribution in [-0.4, -0.2) is 38.3 Å². The summed E-state index contributed by atoms with van der Waals surface area (Å²) in [5.41, 5.74) is 7.39. The van der Waals surface area contributed by atoms with Gasteiger partial charge >= 0.3 is 0 Å². The highest BCUT2D eigenvalue weighted by Crippen LogP contribution is 2.32. The van der Waals surface area contributed by atoms with E-state index in [1.165, 1.54) is 12.0 Å². The molecule has 5 heteroatoms. The van der Waals surface area contributed by atoms with Crippen molar-refractivity contribution in [2.75, 3.05) is 33.4 Å². The zero-order valence-electron chi connectivity index (χ0n) is 13.2. The molecule has 1 aromatic rings. The lowest BCUT2D eigenvalue weighted by atomic mass is 9.90. The highest BCUT2D eigenvalue weighted by atomic mass is 35.5. The third-order valence-corrected chi connectivity index (χ3v) is 4.06. The zero-order chi connectivity index (χ0) is 14.6. The molecule has 1 fully saturated rings. The molecular weight excluding hydrogens is 288 g/mol. The molecule has 2 rings (SSSR count). The summed E-state index contributed by atoms with van der Waals surface area (Å²) in [4.78, 5) is 2.46. The maximum absolute atomic E-state index is 5.86. The summed E-state index contributed by atoms with van der Waals surface area (Å²) in [6, 6.07) is 6.19. The largest absolute Gasteiger partial charge is 0.493 e. The molecular formula is C16H27ClN2O2. The number of likely N-dealkylation sites (tertiary alicyclic amines) is 1. The fraction of sp³-hybridized carbons (Fsp3) is 0.625. The first-order valence-corrected chi connectivity index (χ1v) is 7.32. The van der Waals surface area contributed by atoms with Crippen molar-refractivity contribution in [3.05, 3.63) is 23.8 Å². The van der Waals surface area contributed by atoms with Crippen molar-refractivity contribution < 1.29 is 9.47 Å². The second-order valence-corrected chi connectivity index (χ2v) is 5.89. The number of hydrogen-bond acceptors (Lipinski definition) is 4. The Morgan fingerprint density at radius 3 is 2.67 bits per heavy atom. The molecule has 120 valence electrons. The molecule has 0 saturated carbocycles. The first kappa shape index (κ1) is 18.1. The van der Waals surface area contributed by atoms with Crippen LogP contribution in [0.1, 0.15) is 25.8 Å². The summed E-state index contributed by atoms with van der Waals surface area (Å²) in [6.45, 7) is 8.78. The molecule has 1 heterocycles. The van der Waals surface area contributed by atoms with Crippen molar-refractivity contribution in [3.8, 4) is 11.5 Å². The molecule has 0 spiro atoms. The van der Waals surface area contributed by atoms with Crippen LogP contribution in [0.4, 0.5) is 0 Å². The lowest BCUT2D eigenvalue weighted by Gasteiger charge is -2.22. The van der Waals surface area contributed by atoms with Crippen molar-refractivity contribution >= 4 is 12.4 Å². The van der Waals surface area contributed by atoms with Crippen LogP contribution < -0.4 is 15.2 Å². The van der Waals surface area contributed by atoms with Gasteiger partial charge in [0.25, 0.3) is 0 Å². The molecule has 1 aliphatic heterocycles. The third kappa shape index (κ3) is 4.50. The Labute approximate surface area is 134 Å². The fourth-order valence-corrected chi connectivity index (χ4v) is 2.77. The Hall–Kier alpha value is -0.970. The lowest BCUT2D eigenvalue weighted by Crippen LogP contribution is -2.31. The Morgan fingerprint density at radius 2 is 2.10 bits per heavy atom. The van der Waals surface area contributed by atoms with Gasteiger partial charge in [-0.25, -0.2) is 0 Å². The van der Waals surface area contributed by atoms with E-state index in [1.54, 1.807) is 7.11 Å². The highest BCUT2D eigenvalue weighted by molar-refractivity contribution is 5.85. The van der Waals surface area contributed by atoms with Gasteiger partial charge in [0.2, 0.25) is 0 Å². The van der Waals surface area contributed by atoms with Gasteiger partial charge in [-0.15, -0.1) is 12.4 Å². The standard InChI is InChI=1S/C16H26N2O2.ClH/c1-4-20-14-6-5-13(9-15(14)19-3)10-18-8-7-16(2,11-17)12-18;/h5-6,9H,4,7-8,10-12,17H2,1-3H3;1H. The Balaban J connectivity index is 0.00000220. The van der Waals surface area contributed by atoms with Gasteiger partial charge in [-0.3, -0.25) is 4.90 Å². The first-order valence-electron chi connectivity index (χ1n) is 7.32. The van der Waals surface area contributed by atoms with Gasteiger partial charge in [-0.2, -0.15) is 0 Å². The molecule has 1 aliphatic rings. The van der Waals surface area contributed by atoms with Crippen molar-refractivity contribution in [1.82, 2.24) is 4.90 Å². The summed E-state index contributed by atoms with van der Waals surface area (Å²) < 4.78 is 10.9. The minimum atomic E-state index is 0. The normalized spacial score (nSPS) is 21.9. The average Bonchev–Trinajstić information content (AvgIpc) is 2.83. The van der Waals surface area contributed by atoms with Gasteiger partial charge in [0, 0.05) is 13.1 Å². The van der Waals surface area contributed by atoms with E-state index >= 15 is 0 Å². The minimum Gasteiger partial charge on any atom is -0.493 e. The number of halogens is 1.